The van der Waals surface area contributed by atoms with Crippen molar-refractivity contribution in [2.45, 2.75) is 19.8 Å². The topological polar surface area (TPSA) is 33.1 Å². The molecule has 0 atom stereocenters. The first-order chi connectivity index (χ1) is 4.31. The predicted octanol–water partition coefficient (Wildman–Crippen LogP) is 1.97. The van der Waals surface area contributed by atoms with Gasteiger partial charge in [0.25, 0.3) is 0 Å². The summed E-state index contributed by atoms with van der Waals surface area (Å²) in [7, 11) is 0. The van der Waals surface area contributed by atoms with Gasteiger partial charge in [0.2, 0.25) is 0 Å². The molecule has 9 heavy (non-hydrogen) atoms. The minimum Gasteiger partial charge on any atom is -0.477 e. The summed E-state index contributed by atoms with van der Waals surface area (Å²) >= 11 is 0. The van der Waals surface area contributed by atoms with E-state index in [1.165, 1.54) is 0 Å². The molecule has 2 heteroatoms. The third kappa shape index (κ3) is 5.07. The molecule has 0 aromatic carbocycles. The van der Waals surface area contributed by atoms with Crippen LogP contribution in [0.15, 0.2) is 12.7 Å². The molecule has 2 nitrogen and oxygen atoms in total. The van der Waals surface area contributed by atoms with Gasteiger partial charge in [-0.2, -0.15) is 0 Å². The summed E-state index contributed by atoms with van der Waals surface area (Å²) in [5.74, 6) is 0.359. The largest absolute Gasteiger partial charge is 0.477 e. The number of nitrogens with one attached hydrogen (secondary N) is 1. The standard InChI is InChI=1S/C7H13NO/c1-3-5-7(8)9-6-4-2/h4,8H,2-3,5-6H2,1H3. The van der Waals surface area contributed by atoms with Crippen LogP contribution in [0, 0.1) is 5.41 Å². The zero-order valence-corrected chi connectivity index (χ0v) is 5.81. The summed E-state index contributed by atoms with van der Waals surface area (Å²) in [4.78, 5) is 0. The van der Waals surface area contributed by atoms with Crippen LogP contribution in [-0.4, -0.2) is 12.5 Å². The molecule has 0 aromatic heterocycles. The first kappa shape index (κ1) is 8.21. The zero-order valence-electron chi connectivity index (χ0n) is 5.81. The van der Waals surface area contributed by atoms with E-state index in [-0.39, 0.29) is 0 Å². The van der Waals surface area contributed by atoms with Crippen molar-refractivity contribution in [3.05, 3.63) is 12.7 Å². The highest BCUT2D eigenvalue weighted by molar-refractivity contribution is 5.72. The van der Waals surface area contributed by atoms with Crippen LogP contribution >= 0.6 is 0 Å². The van der Waals surface area contributed by atoms with Gasteiger partial charge in [0, 0.05) is 6.42 Å². The van der Waals surface area contributed by atoms with Crippen LogP contribution in [0.5, 0.6) is 0 Å². The number of hydrogen-bond donors (Lipinski definition) is 1. The van der Waals surface area contributed by atoms with Gasteiger partial charge < -0.3 is 4.74 Å². The van der Waals surface area contributed by atoms with Crippen molar-refractivity contribution in [3.63, 3.8) is 0 Å². The van der Waals surface area contributed by atoms with E-state index in [9.17, 15) is 0 Å². The molecule has 0 aliphatic heterocycles. The Morgan fingerprint density at radius 2 is 2.44 bits per heavy atom. The molecular formula is C7H13NO. The Balaban J connectivity index is 3.16. The van der Waals surface area contributed by atoms with Crippen molar-refractivity contribution in [2.75, 3.05) is 6.61 Å². The van der Waals surface area contributed by atoms with Crippen LogP contribution in [0.25, 0.3) is 0 Å². The van der Waals surface area contributed by atoms with Gasteiger partial charge in [0.05, 0.1) is 0 Å². The summed E-state index contributed by atoms with van der Waals surface area (Å²) in [5.41, 5.74) is 0. The molecule has 0 bridgehead atoms. The second-order valence-electron chi connectivity index (χ2n) is 1.77. The van der Waals surface area contributed by atoms with Crippen LogP contribution in [0.1, 0.15) is 19.8 Å². The van der Waals surface area contributed by atoms with Crippen molar-refractivity contribution < 1.29 is 4.74 Å². The molecule has 0 spiro atoms. The van der Waals surface area contributed by atoms with E-state index in [1.54, 1.807) is 6.08 Å². The maximum absolute atomic E-state index is 7.12. The van der Waals surface area contributed by atoms with Crippen LogP contribution in [-0.2, 0) is 4.74 Å². The lowest BCUT2D eigenvalue weighted by molar-refractivity contribution is 0.335. The van der Waals surface area contributed by atoms with E-state index in [0.717, 1.165) is 12.8 Å². The Bertz CT molecular complexity index is 99.1. The van der Waals surface area contributed by atoms with Crippen molar-refractivity contribution in [3.8, 4) is 0 Å². The smallest absolute Gasteiger partial charge is 0.180 e. The van der Waals surface area contributed by atoms with Crippen molar-refractivity contribution in [1.29, 1.82) is 5.41 Å². The molecular weight excluding hydrogens is 114 g/mol. The number of ether oxygens (including phenoxy) is 1. The number of rotatable bonds is 4. The first-order valence-corrected chi connectivity index (χ1v) is 3.12. The molecule has 1 N–H and O–H groups in total. The quantitative estimate of drug-likeness (QED) is 0.349. The van der Waals surface area contributed by atoms with E-state index >= 15 is 0 Å². The van der Waals surface area contributed by atoms with Crippen LogP contribution in [0.2, 0.25) is 0 Å². The average molecular weight is 127 g/mol. The summed E-state index contributed by atoms with van der Waals surface area (Å²) in [6.07, 6.45) is 3.34. The molecule has 0 radical (unpaired) electrons. The molecule has 0 unspecified atom stereocenters. The lowest BCUT2D eigenvalue weighted by Gasteiger charge is -2.00. The molecule has 0 rings (SSSR count). The minimum absolute atomic E-state index is 0.359. The maximum atomic E-state index is 7.12. The Hall–Kier alpha value is -0.790. The Labute approximate surface area is 56.0 Å². The van der Waals surface area contributed by atoms with E-state index in [1.807, 2.05) is 6.92 Å². The highest BCUT2D eigenvalue weighted by Crippen LogP contribution is 1.90. The maximum Gasteiger partial charge on any atom is 0.180 e. The van der Waals surface area contributed by atoms with Crippen molar-refractivity contribution >= 4 is 5.90 Å². The molecule has 0 aliphatic rings. The van der Waals surface area contributed by atoms with Gasteiger partial charge in [-0.15, -0.1) is 0 Å². The van der Waals surface area contributed by atoms with Crippen LogP contribution in [0.3, 0.4) is 0 Å². The fourth-order valence-electron chi connectivity index (χ4n) is 0.459. The van der Waals surface area contributed by atoms with E-state index in [4.69, 9.17) is 10.1 Å². The van der Waals surface area contributed by atoms with Gasteiger partial charge in [-0.25, -0.2) is 0 Å². The van der Waals surface area contributed by atoms with Gasteiger partial charge in [0.1, 0.15) is 6.61 Å². The summed E-state index contributed by atoms with van der Waals surface area (Å²) in [5, 5.41) is 7.12. The highest BCUT2D eigenvalue weighted by Gasteiger charge is 1.90. The molecule has 52 valence electrons. The van der Waals surface area contributed by atoms with Crippen LogP contribution < -0.4 is 0 Å². The summed E-state index contributed by atoms with van der Waals surface area (Å²) < 4.78 is 4.90. The second kappa shape index (κ2) is 5.35. The lowest BCUT2D eigenvalue weighted by atomic mass is 10.3. The summed E-state index contributed by atoms with van der Waals surface area (Å²) in [6.45, 7) is 5.95. The SMILES string of the molecule is C=CCOC(=N)CCC. The molecule has 0 fully saturated rings. The van der Waals surface area contributed by atoms with E-state index < -0.39 is 0 Å². The molecule has 0 aliphatic carbocycles. The van der Waals surface area contributed by atoms with E-state index in [0.29, 0.717) is 12.5 Å². The lowest BCUT2D eigenvalue weighted by Crippen LogP contribution is -2.01. The molecule has 0 aromatic rings. The molecule has 0 heterocycles. The Morgan fingerprint density at radius 3 is 2.89 bits per heavy atom. The predicted molar refractivity (Wildman–Crippen MR) is 38.8 cm³/mol. The third-order valence-electron chi connectivity index (χ3n) is 0.852. The van der Waals surface area contributed by atoms with Gasteiger partial charge in [-0.3, -0.25) is 5.41 Å². The summed E-state index contributed by atoms with van der Waals surface area (Å²) in [6, 6.07) is 0. The van der Waals surface area contributed by atoms with Gasteiger partial charge in [-0.1, -0.05) is 19.6 Å². The van der Waals surface area contributed by atoms with Crippen LogP contribution in [0.4, 0.5) is 0 Å². The van der Waals surface area contributed by atoms with E-state index in [2.05, 4.69) is 6.58 Å². The minimum atomic E-state index is 0.359. The van der Waals surface area contributed by atoms with Gasteiger partial charge in [-0.05, 0) is 6.42 Å². The van der Waals surface area contributed by atoms with Crippen molar-refractivity contribution in [2.24, 2.45) is 0 Å². The van der Waals surface area contributed by atoms with Crippen molar-refractivity contribution in [1.82, 2.24) is 0 Å². The first-order valence-electron chi connectivity index (χ1n) is 3.12. The fraction of sp³-hybridized carbons (Fsp3) is 0.571. The molecule has 0 saturated heterocycles. The van der Waals surface area contributed by atoms with Gasteiger partial charge in [0.15, 0.2) is 5.90 Å². The zero-order chi connectivity index (χ0) is 7.11. The van der Waals surface area contributed by atoms with Gasteiger partial charge >= 0.3 is 0 Å². The second-order valence-corrected chi connectivity index (χ2v) is 1.77. The Morgan fingerprint density at radius 1 is 1.78 bits per heavy atom. The Kier molecular flexibility index (Phi) is 4.88. The monoisotopic (exact) mass is 127 g/mol. The number of hydrogen-bond acceptors (Lipinski definition) is 2. The highest BCUT2D eigenvalue weighted by atomic mass is 16.5. The average Bonchev–Trinajstić information content (AvgIpc) is 1.85. The normalized spacial score (nSPS) is 8.56. The molecule has 0 amide bonds. The molecule has 0 saturated carbocycles. The third-order valence-corrected chi connectivity index (χ3v) is 0.852. The fourth-order valence-corrected chi connectivity index (χ4v) is 0.459.